The van der Waals surface area contributed by atoms with Gasteiger partial charge in [-0.3, -0.25) is 0 Å². The van der Waals surface area contributed by atoms with E-state index in [1.54, 1.807) is 7.11 Å². The molecule has 0 fully saturated rings. The van der Waals surface area contributed by atoms with Gasteiger partial charge in [-0.15, -0.1) is 0 Å². The third-order valence-electron chi connectivity index (χ3n) is 2.51. The van der Waals surface area contributed by atoms with E-state index < -0.39 is 0 Å². The summed E-state index contributed by atoms with van der Waals surface area (Å²) in [6.07, 6.45) is 0. The van der Waals surface area contributed by atoms with Crippen molar-refractivity contribution in [2.75, 3.05) is 20.3 Å². The highest BCUT2D eigenvalue weighted by Crippen LogP contribution is 2.27. The lowest BCUT2D eigenvalue weighted by Gasteiger charge is -2.14. The zero-order valence-electron chi connectivity index (χ0n) is 11.7. The first-order valence-corrected chi connectivity index (χ1v) is 6.20. The summed E-state index contributed by atoms with van der Waals surface area (Å²) in [5.41, 5.74) is 2.17. The third-order valence-corrected chi connectivity index (χ3v) is 2.51. The Bertz CT molecular complexity index is 399. The number of nitrogens with one attached hydrogen (secondary N) is 1. The number of rotatable bonds is 7. The minimum atomic E-state index is 0.454. The van der Waals surface area contributed by atoms with E-state index in [0.29, 0.717) is 12.6 Å². The molecule has 0 saturated heterocycles. The molecule has 0 heterocycles. The van der Waals surface area contributed by atoms with Crippen LogP contribution in [0.2, 0.25) is 0 Å². The average molecular weight is 249 g/mol. The molecule has 100 valence electrons. The molecule has 0 radical (unpaired) electrons. The van der Waals surface area contributed by atoms with Gasteiger partial charge in [0, 0.05) is 12.6 Å². The molecular formula is C15H23NO2. The molecule has 1 N–H and O–H groups in total. The molecule has 0 amide bonds. The van der Waals surface area contributed by atoms with Crippen LogP contribution in [0, 0.1) is 6.92 Å². The maximum Gasteiger partial charge on any atom is 0.161 e. The molecule has 0 saturated carbocycles. The first kappa shape index (κ1) is 14.6. The topological polar surface area (TPSA) is 30.5 Å². The van der Waals surface area contributed by atoms with Crippen LogP contribution in [0.3, 0.4) is 0 Å². The van der Waals surface area contributed by atoms with Crippen molar-refractivity contribution in [3.63, 3.8) is 0 Å². The fourth-order valence-corrected chi connectivity index (χ4v) is 1.47. The van der Waals surface area contributed by atoms with Crippen molar-refractivity contribution in [3.05, 3.63) is 35.9 Å². The Morgan fingerprint density at radius 1 is 1.33 bits per heavy atom. The zero-order chi connectivity index (χ0) is 13.5. The molecule has 0 aliphatic heterocycles. The molecular weight excluding hydrogens is 226 g/mol. The van der Waals surface area contributed by atoms with Crippen LogP contribution in [0.25, 0.3) is 0 Å². The van der Waals surface area contributed by atoms with Gasteiger partial charge in [0.25, 0.3) is 0 Å². The third kappa shape index (κ3) is 4.80. The highest BCUT2D eigenvalue weighted by Gasteiger charge is 2.05. The van der Waals surface area contributed by atoms with E-state index in [0.717, 1.165) is 29.2 Å². The summed E-state index contributed by atoms with van der Waals surface area (Å²) in [5, 5.41) is 3.31. The van der Waals surface area contributed by atoms with Gasteiger partial charge in [-0.05, 0) is 30.2 Å². The van der Waals surface area contributed by atoms with Crippen LogP contribution in [0.15, 0.2) is 30.4 Å². The monoisotopic (exact) mass is 249 g/mol. The van der Waals surface area contributed by atoms with E-state index in [2.05, 4.69) is 25.7 Å². The lowest BCUT2D eigenvalue weighted by Crippen LogP contribution is -2.26. The summed E-state index contributed by atoms with van der Waals surface area (Å²) in [6.45, 7) is 11.5. The van der Waals surface area contributed by atoms with Gasteiger partial charge < -0.3 is 14.8 Å². The second-order valence-corrected chi connectivity index (χ2v) is 4.73. The normalized spacial score (nSPS) is 10.5. The number of hydrogen-bond donors (Lipinski definition) is 1. The van der Waals surface area contributed by atoms with Crippen LogP contribution in [0.1, 0.15) is 19.4 Å². The smallest absolute Gasteiger partial charge is 0.161 e. The van der Waals surface area contributed by atoms with Crippen LogP contribution >= 0.6 is 0 Å². The fourth-order valence-electron chi connectivity index (χ4n) is 1.47. The molecule has 18 heavy (non-hydrogen) atoms. The maximum absolute atomic E-state index is 5.71. The lowest BCUT2D eigenvalue weighted by atomic mass is 10.2. The van der Waals surface area contributed by atoms with Gasteiger partial charge in [-0.2, -0.15) is 0 Å². The molecule has 1 aromatic rings. The van der Waals surface area contributed by atoms with E-state index >= 15 is 0 Å². The van der Waals surface area contributed by atoms with Gasteiger partial charge in [-0.1, -0.05) is 26.5 Å². The van der Waals surface area contributed by atoms with E-state index in [4.69, 9.17) is 9.47 Å². The minimum Gasteiger partial charge on any atom is -0.493 e. The lowest BCUT2D eigenvalue weighted by molar-refractivity contribution is 0.316. The number of ether oxygens (including phenoxy) is 2. The highest BCUT2D eigenvalue weighted by molar-refractivity contribution is 5.42. The van der Waals surface area contributed by atoms with Crippen molar-refractivity contribution in [1.82, 2.24) is 5.32 Å². The molecule has 3 nitrogen and oxygen atoms in total. The van der Waals surface area contributed by atoms with E-state index in [1.165, 1.54) is 0 Å². The van der Waals surface area contributed by atoms with Gasteiger partial charge in [0.2, 0.25) is 0 Å². The Kier molecular flexibility index (Phi) is 5.72. The molecule has 0 aliphatic rings. The van der Waals surface area contributed by atoms with Gasteiger partial charge in [0.05, 0.1) is 7.11 Å². The molecule has 0 bridgehead atoms. The summed E-state index contributed by atoms with van der Waals surface area (Å²) >= 11 is 0. The second-order valence-electron chi connectivity index (χ2n) is 4.73. The van der Waals surface area contributed by atoms with E-state index in [9.17, 15) is 0 Å². The molecule has 0 aromatic heterocycles. The molecule has 1 aromatic carbocycles. The predicted octanol–water partition coefficient (Wildman–Crippen LogP) is 2.94. The Hall–Kier alpha value is -1.48. The summed E-state index contributed by atoms with van der Waals surface area (Å²) in [6, 6.07) is 6.35. The Labute approximate surface area is 110 Å². The van der Waals surface area contributed by atoms with Gasteiger partial charge in [0.15, 0.2) is 11.5 Å². The quantitative estimate of drug-likeness (QED) is 0.754. The van der Waals surface area contributed by atoms with E-state index in [1.807, 2.05) is 25.1 Å². The van der Waals surface area contributed by atoms with Crippen molar-refractivity contribution in [3.8, 4) is 11.5 Å². The summed E-state index contributed by atoms with van der Waals surface area (Å²) in [5.74, 6) is 1.52. The molecule has 0 spiro atoms. The van der Waals surface area contributed by atoms with Gasteiger partial charge in [-0.25, -0.2) is 0 Å². The van der Waals surface area contributed by atoms with Crippen LogP contribution in [-0.2, 0) is 0 Å². The Morgan fingerprint density at radius 2 is 2.06 bits per heavy atom. The fraction of sp³-hybridized carbons (Fsp3) is 0.467. The van der Waals surface area contributed by atoms with Crippen molar-refractivity contribution >= 4 is 0 Å². The van der Waals surface area contributed by atoms with Gasteiger partial charge >= 0.3 is 0 Å². The number of aryl methyl sites for hydroxylation is 1. The summed E-state index contributed by atoms with van der Waals surface area (Å²) in [4.78, 5) is 0. The van der Waals surface area contributed by atoms with Gasteiger partial charge in [0.1, 0.15) is 6.61 Å². The van der Waals surface area contributed by atoms with Crippen molar-refractivity contribution in [1.29, 1.82) is 0 Å². The van der Waals surface area contributed by atoms with Crippen LogP contribution in [0.4, 0.5) is 0 Å². The minimum absolute atomic E-state index is 0.454. The van der Waals surface area contributed by atoms with E-state index in [-0.39, 0.29) is 0 Å². The Balaban J connectivity index is 2.50. The van der Waals surface area contributed by atoms with Crippen LogP contribution < -0.4 is 14.8 Å². The van der Waals surface area contributed by atoms with Crippen LogP contribution in [0.5, 0.6) is 11.5 Å². The number of methoxy groups -OCH3 is 1. The first-order chi connectivity index (χ1) is 8.52. The Morgan fingerprint density at radius 3 is 2.67 bits per heavy atom. The second kappa shape index (κ2) is 7.07. The van der Waals surface area contributed by atoms with Crippen molar-refractivity contribution < 1.29 is 9.47 Å². The summed E-state index contributed by atoms with van der Waals surface area (Å²) in [7, 11) is 1.65. The molecule has 0 aliphatic carbocycles. The number of hydrogen-bond acceptors (Lipinski definition) is 3. The molecule has 0 atom stereocenters. The summed E-state index contributed by atoms with van der Waals surface area (Å²) < 4.78 is 11.0. The van der Waals surface area contributed by atoms with Crippen molar-refractivity contribution in [2.45, 2.75) is 26.8 Å². The van der Waals surface area contributed by atoms with Crippen molar-refractivity contribution in [2.24, 2.45) is 0 Å². The SMILES string of the molecule is C=C(CNC(C)C)COc1ccc(C)cc1OC. The van der Waals surface area contributed by atoms with Crippen LogP contribution in [-0.4, -0.2) is 26.3 Å². The molecule has 1 rings (SSSR count). The molecule has 0 unspecified atom stereocenters. The average Bonchev–Trinajstić information content (AvgIpc) is 2.34. The molecule has 3 heteroatoms. The first-order valence-electron chi connectivity index (χ1n) is 6.20. The standard InChI is InChI=1S/C15H23NO2/c1-11(2)16-9-13(4)10-18-14-7-6-12(3)8-15(14)17-5/h6-8,11,16H,4,9-10H2,1-3,5H3. The highest BCUT2D eigenvalue weighted by atomic mass is 16.5. The largest absolute Gasteiger partial charge is 0.493 e. The maximum atomic E-state index is 5.71. The zero-order valence-corrected chi connectivity index (χ0v) is 11.7. The number of benzene rings is 1. The predicted molar refractivity (Wildman–Crippen MR) is 75.5 cm³/mol.